The summed E-state index contributed by atoms with van der Waals surface area (Å²) in [6.45, 7) is 2.79. The molecule has 0 aliphatic rings. The number of hydrogen-bond acceptors (Lipinski definition) is 3. The van der Waals surface area contributed by atoms with Gasteiger partial charge in [0.05, 0.1) is 6.21 Å². The van der Waals surface area contributed by atoms with Gasteiger partial charge in [-0.2, -0.15) is 5.10 Å². The van der Waals surface area contributed by atoms with Crippen molar-refractivity contribution in [1.82, 2.24) is 5.43 Å². The van der Waals surface area contributed by atoms with Crippen molar-refractivity contribution >= 4 is 6.21 Å². The van der Waals surface area contributed by atoms with Crippen LogP contribution in [0.15, 0.2) is 29.4 Å². The molecule has 0 spiro atoms. The van der Waals surface area contributed by atoms with Crippen LogP contribution in [0.3, 0.4) is 0 Å². The van der Waals surface area contributed by atoms with Gasteiger partial charge in [0, 0.05) is 6.54 Å². The van der Waals surface area contributed by atoms with E-state index in [4.69, 9.17) is 5.11 Å². The number of rotatable bonds is 3. The fraction of sp³-hybridized carbons (Fsp3) is 0.222. The third-order valence-corrected chi connectivity index (χ3v) is 1.36. The Hall–Kier alpha value is -1.51. The molecule has 0 saturated carbocycles. The fourth-order valence-electron chi connectivity index (χ4n) is 0.772. The van der Waals surface area contributed by atoms with Crippen molar-refractivity contribution in [3.63, 3.8) is 0 Å². The second kappa shape index (κ2) is 4.38. The molecule has 64 valence electrons. The van der Waals surface area contributed by atoms with Crippen molar-refractivity contribution in [1.29, 1.82) is 0 Å². The maximum atomic E-state index is 8.97. The van der Waals surface area contributed by atoms with Crippen LogP contribution in [0.2, 0.25) is 0 Å². The van der Waals surface area contributed by atoms with E-state index in [0.717, 1.165) is 12.1 Å². The van der Waals surface area contributed by atoms with Crippen LogP contribution in [0.4, 0.5) is 0 Å². The van der Waals surface area contributed by atoms with Gasteiger partial charge in [0.15, 0.2) is 0 Å². The number of hydrazone groups is 1. The van der Waals surface area contributed by atoms with Crippen LogP contribution in [0.5, 0.6) is 5.75 Å². The quantitative estimate of drug-likeness (QED) is 0.523. The number of phenolic OH excluding ortho intramolecular Hbond substituents is 1. The molecule has 0 bridgehead atoms. The topological polar surface area (TPSA) is 44.6 Å². The average Bonchev–Trinajstić information content (AvgIpc) is 2.09. The minimum atomic E-state index is 0.274. The molecule has 0 atom stereocenters. The highest BCUT2D eigenvalue weighted by Crippen LogP contribution is 2.07. The zero-order chi connectivity index (χ0) is 8.81. The summed E-state index contributed by atoms with van der Waals surface area (Å²) in [6, 6.07) is 6.87. The Morgan fingerprint density at radius 3 is 2.67 bits per heavy atom. The van der Waals surface area contributed by atoms with Gasteiger partial charge < -0.3 is 10.5 Å². The molecule has 0 aromatic heterocycles. The summed E-state index contributed by atoms with van der Waals surface area (Å²) in [4.78, 5) is 0. The second-order valence-corrected chi connectivity index (χ2v) is 2.36. The van der Waals surface area contributed by atoms with Gasteiger partial charge in [-0.25, -0.2) is 0 Å². The summed E-state index contributed by atoms with van der Waals surface area (Å²) in [6.07, 6.45) is 1.71. The van der Waals surface area contributed by atoms with Crippen molar-refractivity contribution in [2.75, 3.05) is 6.54 Å². The SMILES string of the molecule is CCN/N=C/c1ccc(O)cc1. The van der Waals surface area contributed by atoms with Gasteiger partial charge in [0.1, 0.15) is 5.75 Å². The van der Waals surface area contributed by atoms with E-state index < -0.39 is 0 Å². The number of nitrogens with zero attached hydrogens (tertiary/aromatic N) is 1. The zero-order valence-electron chi connectivity index (χ0n) is 6.99. The largest absolute Gasteiger partial charge is 0.508 e. The lowest BCUT2D eigenvalue weighted by atomic mass is 10.2. The molecule has 1 aromatic rings. The van der Waals surface area contributed by atoms with Gasteiger partial charge in [-0.05, 0) is 36.8 Å². The number of aromatic hydroxyl groups is 1. The van der Waals surface area contributed by atoms with Crippen molar-refractivity contribution in [2.24, 2.45) is 5.10 Å². The smallest absolute Gasteiger partial charge is 0.115 e. The molecule has 0 fully saturated rings. The lowest BCUT2D eigenvalue weighted by Crippen LogP contribution is -2.02. The summed E-state index contributed by atoms with van der Waals surface area (Å²) in [5, 5.41) is 12.9. The normalized spacial score (nSPS) is 10.4. The summed E-state index contributed by atoms with van der Waals surface area (Å²) < 4.78 is 0. The third kappa shape index (κ3) is 2.62. The molecule has 0 aliphatic heterocycles. The van der Waals surface area contributed by atoms with Crippen molar-refractivity contribution in [3.05, 3.63) is 29.8 Å². The van der Waals surface area contributed by atoms with E-state index in [0.29, 0.717) is 0 Å². The van der Waals surface area contributed by atoms with Crippen LogP contribution < -0.4 is 5.43 Å². The van der Waals surface area contributed by atoms with E-state index in [1.807, 2.05) is 6.92 Å². The summed E-state index contributed by atoms with van der Waals surface area (Å²) in [7, 11) is 0. The standard InChI is InChI=1S/C9H12N2O/c1-2-10-11-7-8-3-5-9(12)6-4-8/h3-7,10,12H,2H2,1H3/b11-7+. The molecule has 3 heteroatoms. The van der Waals surface area contributed by atoms with E-state index in [9.17, 15) is 0 Å². The Morgan fingerprint density at radius 2 is 2.08 bits per heavy atom. The average molecular weight is 164 g/mol. The molecule has 1 aromatic carbocycles. The summed E-state index contributed by atoms with van der Waals surface area (Å²) in [5.74, 6) is 0.274. The molecule has 1 rings (SSSR count). The molecular weight excluding hydrogens is 152 g/mol. The van der Waals surface area contributed by atoms with Crippen LogP contribution in [-0.2, 0) is 0 Å². The van der Waals surface area contributed by atoms with Gasteiger partial charge in [0.25, 0.3) is 0 Å². The van der Waals surface area contributed by atoms with Gasteiger partial charge in [-0.15, -0.1) is 0 Å². The minimum Gasteiger partial charge on any atom is -0.508 e. The molecule has 0 unspecified atom stereocenters. The first-order valence-corrected chi connectivity index (χ1v) is 3.88. The number of hydrogen-bond donors (Lipinski definition) is 2. The maximum Gasteiger partial charge on any atom is 0.115 e. The minimum absolute atomic E-state index is 0.274. The highest BCUT2D eigenvalue weighted by Gasteiger charge is 1.87. The van der Waals surface area contributed by atoms with Crippen LogP contribution in [-0.4, -0.2) is 17.9 Å². The summed E-state index contributed by atoms with van der Waals surface area (Å²) >= 11 is 0. The van der Waals surface area contributed by atoms with Gasteiger partial charge >= 0.3 is 0 Å². The molecule has 2 N–H and O–H groups in total. The third-order valence-electron chi connectivity index (χ3n) is 1.36. The van der Waals surface area contributed by atoms with E-state index in [2.05, 4.69) is 10.5 Å². The predicted octanol–water partition coefficient (Wildman–Crippen LogP) is 1.34. The van der Waals surface area contributed by atoms with Crippen LogP contribution in [0, 0.1) is 0 Å². The van der Waals surface area contributed by atoms with Crippen LogP contribution in [0.25, 0.3) is 0 Å². The van der Waals surface area contributed by atoms with Crippen molar-refractivity contribution in [2.45, 2.75) is 6.92 Å². The van der Waals surface area contributed by atoms with E-state index in [1.165, 1.54) is 0 Å². The predicted molar refractivity (Wildman–Crippen MR) is 49.4 cm³/mol. The number of nitrogens with one attached hydrogen (secondary N) is 1. The van der Waals surface area contributed by atoms with Gasteiger partial charge in [-0.1, -0.05) is 0 Å². The summed E-state index contributed by atoms with van der Waals surface area (Å²) in [5.41, 5.74) is 3.78. The van der Waals surface area contributed by atoms with Crippen molar-refractivity contribution < 1.29 is 5.11 Å². The Bertz CT molecular complexity index is 254. The van der Waals surface area contributed by atoms with Crippen LogP contribution in [0.1, 0.15) is 12.5 Å². The Balaban J connectivity index is 2.58. The Labute approximate surface area is 71.7 Å². The van der Waals surface area contributed by atoms with E-state index in [1.54, 1.807) is 30.5 Å². The molecule has 3 nitrogen and oxygen atoms in total. The zero-order valence-corrected chi connectivity index (χ0v) is 6.99. The monoisotopic (exact) mass is 164 g/mol. The molecular formula is C9H12N2O. The molecule has 0 saturated heterocycles. The molecule has 12 heavy (non-hydrogen) atoms. The number of phenols is 1. The lowest BCUT2D eigenvalue weighted by molar-refractivity contribution is 0.475. The molecule has 0 radical (unpaired) electrons. The number of benzene rings is 1. The first-order chi connectivity index (χ1) is 5.83. The lowest BCUT2D eigenvalue weighted by Gasteiger charge is -1.94. The van der Waals surface area contributed by atoms with E-state index >= 15 is 0 Å². The maximum absolute atomic E-state index is 8.97. The molecule has 0 aliphatic carbocycles. The van der Waals surface area contributed by atoms with Gasteiger partial charge in [-0.3, -0.25) is 0 Å². The Kier molecular flexibility index (Phi) is 3.14. The fourth-order valence-corrected chi connectivity index (χ4v) is 0.772. The molecule has 0 amide bonds. The van der Waals surface area contributed by atoms with Gasteiger partial charge in [0.2, 0.25) is 0 Å². The highest BCUT2D eigenvalue weighted by atomic mass is 16.3. The van der Waals surface area contributed by atoms with E-state index in [-0.39, 0.29) is 5.75 Å². The highest BCUT2D eigenvalue weighted by molar-refractivity contribution is 5.79. The second-order valence-electron chi connectivity index (χ2n) is 2.36. The first kappa shape index (κ1) is 8.59. The Morgan fingerprint density at radius 1 is 1.42 bits per heavy atom. The van der Waals surface area contributed by atoms with Crippen LogP contribution >= 0.6 is 0 Å². The van der Waals surface area contributed by atoms with Crippen molar-refractivity contribution in [3.8, 4) is 5.75 Å². The first-order valence-electron chi connectivity index (χ1n) is 3.88. The molecule has 0 heterocycles.